The van der Waals surface area contributed by atoms with E-state index < -0.39 is 63.5 Å². The number of piperidine rings is 1. The van der Waals surface area contributed by atoms with Gasteiger partial charge in [0.1, 0.15) is 29.4 Å². The van der Waals surface area contributed by atoms with E-state index in [1.807, 2.05) is 41.1 Å². The SMILES string of the molecule is O=C1CCC(N2Cc3cc(N4CC[C@@H](COc5ccc(-c6cnc7[nH]cc(C(=O)c8c(F)ccc(NS(=O)(=O)N9CC[C@@H](F)C9)c8F)c7c6)cc5)C4)ccc3C2=O)C(=O)N1. The van der Waals surface area contributed by atoms with Gasteiger partial charge in [-0.15, -0.1) is 0 Å². The molecule has 3 aromatic carbocycles. The second-order valence-corrected chi connectivity index (χ2v) is 17.1. The van der Waals surface area contributed by atoms with Crippen molar-refractivity contribution in [3.63, 3.8) is 0 Å². The van der Waals surface area contributed by atoms with Crippen molar-refractivity contribution in [3.8, 4) is 16.9 Å². The number of H-pyrrole nitrogens is 1. The number of fused-ring (bicyclic) bond motifs is 2. The van der Waals surface area contributed by atoms with Crippen LogP contribution in [0, 0.1) is 17.6 Å². The summed E-state index contributed by atoms with van der Waals surface area (Å²) in [5, 5.41) is 2.62. The molecule has 14 nitrogen and oxygen atoms in total. The molecule has 3 fully saturated rings. The summed E-state index contributed by atoms with van der Waals surface area (Å²) in [6, 6.07) is 15.7. The number of imide groups is 1. The molecule has 18 heteroatoms. The molecule has 4 aliphatic heterocycles. The van der Waals surface area contributed by atoms with Crippen LogP contribution in [0.2, 0.25) is 0 Å². The summed E-state index contributed by atoms with van der Waals surface area (Å²) in [5.74, 6) is -3.71. The number of carbonyl (C=O) groups excluding carboxylic acids is 4. The lowest BCUT2D eigenvalue weighted by Gasteiger charge is -2.29. The van der Waals surface area contributed by atoms with Gasteiger partial charge in [-0.25, -0.2) is 18.2 Å². The zero-order valence-electron chi connectivity index (χ0n) is 31.9. The standard InChI is InChI=1S/C42H38F3N7O7S/c43-27-12-14-51(21-27)60(57,58)49-34-8-7-33(44)37(38(34)45)39(54)32-18-47-40-31(32)16-25(17-46-40)24-1-4-29(5-2-24)59-22-23-11-13-50(19-23)28-3-6-30-26(15-28)20-52(42(30)56)35-9-10-36(53)48-41(35)55/h1-8,15-18,23,27,35,49H,9-14,19-22H2,(H,46,47)(H,48,53,55)/t23-,27-,35?/m1/s1. The Bertz CT molecular complexity index is 2690. The van der Waals surface area contributed by atoms with E-state index in [-0.39, 0.29) is 42.7 Å². The number of hydrogen-bond donors (Lipinski definition) is 3. The second-order valence-electron chi connectivity index (χ2n) is 15.5. The second kappa shape index (κ2) is 15.4. The summed E-state index contributed by atoms with van der Waals surface area (Å²) in [6.07, 6.45) is 2.92. The van der Waals surface area contributed by atoms with Gasteiger partial charge in [-0.2, -0.15) is 12.7 Å². The highest BCUT2D eigenvalue weighted by atomic mass is 32.2. The molecule has 0 radical (unpaired) electrons. The summed E-state index contributed by atoms with van der Waals surface area (Å²) in [6.45, 7) is 1.83. The molecule has 0 spiro atoms. The van der Waals surface area contributed by atoms with E-state index in [4.69, 9.17) is 4.74 Å². The fraction of sp³-hybridized carbons (Fsp3) is 0.310. The fourth-order valence-electron chi connectivity index (χ4n) is 8.35. The number of hydrogen-bond acceptors (Lipinski definition) is 9. The van der Waals surface area contributed by atoms with E-state index in [0.29, 0.717) is 47.5 Å². The van der Waals surface area contributed by atoms with E-state index >= 15 is 8.78 Å². The third kappa shape index (κ3) is 7.33. The first-order valence-electron chi connectivity index (χ1n) is 19.5. The molecule has 0 bridgehead atoms. The van der Waals surface area contributed by atoms with Crippen LogP contribution in [-0.2, 0) is 26.3 Å². The molecule has 0 saturated carbocycles. The van der Waals surface area contributed by atoms with E-state index in [0.717, 1.165) is 52.8 Å². The molecule has 3 N–H and O–H groups in total. The largest absolute Gasteiger partial charge is 0.493 e. The van der Waals surface area contributed by atoms with Crippen molar-refractivity contribution >= 4 is 56.1 Å². The molecule has 3 saturated heterocycles. The highest BCUT2D eigenvalue weighted by Crippen LogP contribution is 2.34. The highest BCUT2D eigenvalue weighted by molar-refractivity contribution is 7.90. The first kappa shape index (κ1) is 39.2. The van der Waals surface area contributed by atoms with Crippen LogP contribution < -0.4 is 19.7 Å². The number of aromatic nitrogens is 2. The third-order valence-corrected chi connectivity index (χ3v) is 13.1. The number of carbonyl (C=O) groups is 4. The monoisotopic (exact) mass is 841 g/mol. The molecular formula is C42H38F3N7O7S. The number of aromatic amines is 1. The number of amides is 3. The molecule has 9 rings (SSSR count). The average Bonchev–Trinajstić information content (AvgIpc) is 4.05. The number of benzene rings is 3. The van der Waals surface area contributed by atoms with Crippen LogP contribution in [0.5, 0.6) is 5.75 Å². The van der Waals surface area contributed by atoms with E-state index in [1.54, 1.807) is 23.2 Å². The summed E-state index contributed by atoms with van der Waals surface area (Å²) in [7, 11) is -4.36. The molecule has 5 aromatic rings. The lowest BCUT2D eigenvalue weighted by atomic mass is 10.00. The Morgan fingerprint density at radius 2 is 1.77 bits per heavy atom. The number of nitrogens with zero attached hydrogens (tertiary/aromatic N) is 4. The Kier molecular flexibility index (Phi) is 10.1. The summed E-state index contributed by atoms with van der Waals surface area (Å²) < 4.78 is 79.0. The number of halogens is 3. The molecule has 310 valence electrons. The molecule has 60 heavy (non-hydrogen) atoms. The van der Waals surface area contributed by atoms with E-state index in [1.165, 1.54) is 6.20 Å². The molecule has 1 unspecified atom stereocenters. The molecule has 3 amide bonds. The zero-order valence-corrected chi connectivity index (χ0v) is 32.7. The van der Waals surface area contributed by atoms with Crippen LogP contribution >= 0.6 is 0 Å². The van der Waals surface area contributed by atoms with Crippen molar-refractivity contribution in [2.45, 2.75) is 44.4 Å². The van der Waals surface area contributed by atoms with Crippen molar-refractivity contribution in [1.29, 1.82) is 0 Å². The molecular weight excluding hydrogens is 804 g/mol. The average molecular weight is 842 g/mol. The van der Waals surface area contributed by atoms with Gasteiger partial charge in [-0.3, -0.25) is 29.2 Å². The predicted octanol–water partition coefficient (Wildman–Crippen LogP) is 5.11. The van der Waals surface area contributed by atoms with Gasteiger partial charge in [-0.1, -0.05) is 12.1 Å². The Labute approximate surface area is 341 Å². The minimum Gasteiger partial charge on any atom is -0.493 e. The lowest BCUT2D eigenvalue weighted by molar-refractivity contribution is -0.136. The van der Waals surface area contributed by atoms with Crippen LogP contribution in [0.3, 0.4) is 0 Å². The number of ketones is 1. The van der Waals surface area contributed by atoms with Crippen molar-refractivity contribution in [2.75, 3.05) is 42.4 Å². The van der Waals surface area contributed by atoms with Gasteiger partial charge in [-0.05, 0) is 78.9 Å². The smallest absolute Gasteiger partial charge is 0.301 e. The predicted molar refractivity (Wildman–Crippen MR) is 213 cm³/mol. The Morgan fingerprint density at radius 3 is 2.53 bits per heavy atom. The quantitative estimate of drug-likeness (QED) is 0.121. The fourth-order valence-corrected chi connectivity index (χ4v) is 9.62. The maximum Gasteiger partial charge on any atom is 0.301 e. The maximum absolute atomic E-state index is 15.7. The summed E-state index contributed by atoms with van der Waals surface area (Å²) in [4.78, 5) is 61.9. The molecule has 2 aromatic heterocycles. The van der Waals surface area contributed by atoms with Crippen molar-refractivity contribution < 1.29 is 45.5 Å². The zero-order chi connectivity index (χ0) is 41.9. The van der Waals surface area contributed by atoms with E-state index in [9.17, 15) is 32.0 Å². The van der Waals surface area contributed by atoms with Gasteiger partial charge in [0.25, 0.3) is 5.91 Å². The van der Waals surface area contributed by atoms with E-state index in [2.05, 4.69) is 20.2 Å². The number of rotatable bonds is 11. The lowest BCUT2D eigenvalue weighted by Crippen LogP contribution is -2.52. The number of pyridine rings is 1. The molecule has 6 heterocycles. The molecule has 0 aliphatic carbocycles. The van der Waals surface area contributed by atoms with Gasteiger partial charge >= 0.3 is 10.2 Å². The van der Waals surface area contributed by atoms with Crippen LogP contribution in [0.4, 0.5) is 24.5 Å². The summed E-state index contributed by atoms with van der Waals surface area (Å²) in [5.41, 5.74) is 2.37. The first-order chi connectivity index (χ1) is 28.8. The Hall–Kier alpha value is -6.27. The minimum absolute atomic E-state index is 0.00576. The number of nitrogens with one attached hydrogen (secondary N) is 3. The van der Waals surface area contributed by atoms with Gasteiger partial charge in [0.15, 0.2) is 5.82 Å². The Morgan fingerprint density at radius 1 is 0.950 bits per heavy atom. The van der Waals surface area contributed by atoms with Crippen molar-refractivity contribution in [3.05, 3.63) is 107 Å². The van der Waals surface area contributed by atoms with Crippen LogP contribution in [0.15, 0.2) is 73.1 Å². The molecule has 4 aliphatic rings. The first-order valence-corrected chi connectivity index (χ1v) is 20.9. The number of ether oxygens (including phenoxy) is 1. The van der Waals surface area contributed by atoms with Crippen LogP contribution in [0.1, 0.15) is 57.5 Å². The minimum atomic E-state index is -4.36. The van der Waals surface area contributed by atoms with Crippen molar-refractivity contribution in [2.24, 2.45) is 5.92 Å². The maximum atomic E-state index is 15.7. The topological polar surface area (TPSA) is 174 Å². The highest BCUT2D eigenvalue weighted by Gasteiger charge is 2.40. The van der Waals surface area contributed by atoms with Crippen LogP contribution in [-0.4, -0.2) is 96.1 Å². The van der Waals surface area contributed by atoms with Crippen molar-refractivity contribution in [1.82, 2.24) is 24.5 Å². The number of anilines is 2. The Balaban J connectivity index is 0.837. The van der Waals surface area contributed by atoms with Gasteiger partial charge in [0, 0.05) is 85.2 Å². The van der Waals surface area contributed by atoms with Gasteiger partial charge < -0.3 is 19.5 Å². The van der Waals surface area contributed by atoms with Crippen LogP contribution in [0.25, 0.3) is 22.2 Å². The molecule has 3 atom stereocenters. The summed E-state index contributed by atoms with van der Waals surface area (Å²) >= 11 is 0. The van der Waals surface area contributed by atoms with Gasteiger partial charge in [0.2, 0.25) is 17.6 Å². The third-order valence-electron chi connectivity index (χ3n) is 11.6. The number of alkyl halides is 1. The normalized spacial score (nSPS) is 20.9. The van der Waals surface area contributed by atoms with Gasteiger partial charge in [0.05, 0.1) is 17.9 Å².